The monoisotopic (exact) mass is 294 g/mol. The van der Waals surface area contributed by atoms with E-state index in [1.807, 2.05) is 18.2 Å². The molecule has 4 nitrogen and oxygen atoms in total. The van der Waals surface area contributed by atoms with Crippen LogP contribution in [0.3, 0.4) is 0 Å². The lowest BCUT2D eigenvalue weighted by atomic mass is 10.1. The Hall–Kier alpha value is -2.12. The van der Waals surface area contributed by atoms with Crippen LogP contribution in [0.1, 0.15) is 25.3 Å². The lowest BCUT2D eigenvalue weighted by Gasteiger charge is -2.25. The normalized spacial score (nSPS) is 16.5. The predicted octanol–water partition coefficient (Wildman–Crippen LogP) is 3.03. The maximum atomic E-state index is 9.49. The van der Waals surface area contributed by atoms with Crippen molar-refractivity contribution in [3.63, 3.8) is 0 Å². The Kier molecular flexibility index (Phi) is 4.55. The van der Waals surface area contributed by atoms with E-state index in [2.05, 4.69) is 33.8 Å². The van der Waals surface area contributed by atoms with Gasteiger partial charge in [-0.05, 0) is 32.0 Å². The second-order valence-electron chi connectivity index (χ2n) is 5.83. The van der Waals surface area contributed by atoms with Crippen LogP contribution in [0.5, 0.6) is 0 Å². The third-order valence-electron chi connectivity index (χ3n) is 4.31. The van der Waals surface area contributed by atoms with Gasteiger partial charge in [-0.2, -0.15) is 5.26 Å². The van der Waals surface area contributed by atoms with E-state index < -0.39 is 0 Å². The minimum Gasteiger partial charge on any atom is -0.369 e. The van der Waals surface area contributed by atoms with E-state index in [0.29, 0.717) is 5.56 Å². The molecule has 0 saturated carbocycles. The van der Waals surface area contributed by atoms with Gasteiger partial charge in [0.1, 0.15) is 6.07 Å². The number of fused-ring (bicyclic) bond motifs is 1. The van der Waals surface area contributed by atoms with Gasteiger partial charge in [0, 0.05) is 31.2 Å². The van der Waals surface area contributed by atoms with Crippen LogP contribution in [-0.4, -0.2) is 42.6 Å². The first kappa shape index (κ1) is 14.8. The van der Waals surface area contributed by atoms with Crippen molar-refractivity contribution < 1.29 is 0 Å². The Morgan fingerprint density at radius 1 is 1.18 bits per heavy atom. The minimum atomic E-state index is 0.683. The number of benzene rings is 1. The molecule has 1 saturated heterocycles. The van der Waals surface area contributed by atoms with Gasteiger partial charge in [0.15, 0.2) is 0 Å². The zero-order valence-electron chi connectivity index (χ0n) is 13.1. The summed E-state index contributed by atoms with van der Waals surface area (Å²) in [6.07, 6.45) is 4.05. The molecule has 1 aromatic heterocycles. The fourth-order valence-corrected chi connectivity index (χ4v) is 3.28. The van der Waals surface area contributed by atoms with Crippen LogP contribution in [0.2, 0.25) is 0 Å². The van der Waals surface area contributed by atoms with E-state index >= 15 is 0 Å². The Morgan fingerprint density at radius 2 is 2.05 bits per heavy atom. The van der Waals surface area contributed by atoms with E-state index in [1.54, 1.807) is 6.20 Å². The molecule has 4 heteroatoms. The highest BCUT2D eigenvalue weighted by Crippen LogP contribution is 2.29. The van der Waals surface area contributed by atoms with Crippen LogP contribution in [0.15, 0.2) is 30.5 Å². The second-order valence-corrected chi connectivity index (χ2v) is 5.83. The number of hydrogen-bond acceptors (Lipinski definition) is 4. The number of pyridine rings is 1. The van der Waals surface area contributed by atoms with Gasteiger partial charge in [-0.3, -0.25) is 4.98 Å². The van der Waals surface area contributed by atoms with E-state index in [0.717, 1.165) is 55.7 Å². The van der Waals surface area contributed by atoms with Gasteiger partial charge in [0.25, 0.3) is 0 Å². The molecule has 1 aliphatic rings. The van der Waals surface area contributed by atoms with E-state index in [1.165, 1.54) is 6.42 Å². The van der Waals surface area contributed by atoms with E-state index in [4.69, 9.17) is 0 Å². The maximum Gasteiger partial charge on any atom is 0.103 e. The largest absolute Gasteiger partial charge is 0.369 e. The first-order chi connectivity index (χ1) is 10.8. The molecule has 3 rings (SSSR count). The van der Waals surface area contributed by atoms with Gasteiger partial charge in [-0.15, -0.1) is 0 Å². The number of aromatic nitrogens is 1. The summed E-state index contributed by atoms with van der Waals surface area (Å²) in [7, 11) is 0. The molecule has 22 heavy (non-hydrogen) atoms. The number of para-hydroxylation sites is 1. The highest BCUT2D eigenvalue weighted by molar-refractivity contribution is 5.94. The summed E-state index contributed by atoms with van der Waals surface area (Å²) in [5, 5.41) is 10.6. The molecule has 2 heterocycles. The van der Waals surface area contributed by atoms with Crippen LogP contribution in [-0.2, 0) is 0 Å². The lowest BCUT2D eigenvalue weighted by molar-refractivity contribution is 0.294. The smallest absolute Gasteiger partial charge is 0.103 e. The molecule has 0 bridgehead atoms. The summed E-state index contributed by atoms with van der Waals surface area (Å²) in [6, 6.07) is 10.4. The third-order valence-corrected chi connectivity index (χ3v) is 4.31. The molecule has 1 fully saturated rings. The van der Waals surface area contributed by atoms with Crippen molar-refractivity contribution in [2.75, 3.05) is 37.6 Å². The van der Waals surface area contributed by atoms with Crippen molar-refractivity contribution in [2.24, 2.45) is 0 Å². The number of nitriles is 1. The average molecular weight is 294 g/mol. The highest BCUT2D eigenvalue weighted by atomic mass is 15.2. The molecule has 0 amide bonds. The van der Waals surface area contributed by atoms with Crippen LogP contribution >= 0.6 is 0 Å². The fourth-order valence-electron chi connectivity index (χ4n) is 3.28. The lowest BCUT2D eigenvalue weighted by Crippen LogP contribution is -2.31. The number of nitrogens with zero attached hydrogens (tertiary/aromatic N) is 4. The molecule has 2 aromatic rings. The minimum absolute atomic E-state index is 0.683. The van der Waals surface area contributed by atoms with Crippen LogP contribution in [0.25, 0.3) is 10.9 Å². The van der Waals surface area contributed by atoms with Crippen molar-refractivity contribution >= 4 is 16.6 Å². The fraction of sp³-hybridized carbons (Fsp3) is 0.444. The number of anilines is 1. The van der Waals surface area contributed by atoms with Gasteiger partial charge in [-0.25, -0.2) is 0 Å². The van der Waals surface area contributed by atoms with Crippen LogP contribution in [0, 0.1) is 11.3 Å². The zero-order valence-corrected chi connectivity index (χ0v) is 13.1. The molecule has 1 aliphatic heterocycles. The molecular weight excluding hydrogens is 272 g/mol. The van der Waals surface area contributed by atoms with Crippen molar-refractivity contribution in [1.29, 1.82) is 5.26 Å². The Morgan fingerprint density at radius 3 is 2.86 bits per heavy atom. The van der Waals surface area contributed by atoms with Gasteiger partial charge in [0.05, 0.1) is 16.8 Å². The molecule has 0 aliphatic carbocycles. The summed E-state index contributed by atoms with van der Waals surface area (Å²) in [4.78, 5) is 9.31. The quantitative estimate of drug-likeness (QED) is 0.872. The van der Waals surface area contributed by atoms with Crippen molar-refractivity contribution in [2.45, 2.75) is 19.8 Å². The topological polar surface area (TPSA) is 43.2 Å². The Labute approximate surface area is 132 Å². The van der Waals surface area contributed by atoms with Crippen molar-refractivity contribution in [1.82, 2.24) is 9.88 Å². The molecule has 1 aromatic carbocycles. The van der Waals surface area contributed by atoms with Crippen molar-refractivity contribution in [3.05, 3.63) is 36.0 Å². The van der Waals surface area contributed by atoms with Crippen LogP contribution in [0.4, 0.5) is 5.69 Å². The van der Waals surface area contributed by atoms with E-state index in [9.17, 15) is 5.26 Å². The summed E-state index contributed by atoms with van der Waals surface area (Å²) in [6.45, 7) is 7.58. The third kappa shape index (κ3) is 2.90. The molecule has 114 valence electrons. The van der Waals surface area contributed by atoms with E-state index in [-0.39, 0.29) is 0 Å². The Balaban J connectivity index is 1.97. The standard InChI is InChI=1S/C18H22N4/c1-2-8-21-9-5-10-22(12-11-21)18-15(13-19)14-20-17-7-4-3-6-16(17)18/h3-4,6-7,14H,2,5,8-12H2,1H3. The molecule has 0 radical (unpaired) electrons. The molecule has 0 spiro atoms. The number of rotatable bonds is 3. The molecule has 0 N–H and O–H groups in total. The summed E-state index contributed by atoms with van der Waals surface area (Å²) < 4.78 is 0. The van der Waals surface area contributed by atoms with Gasteiger partial charge in [0.2, 0.25) is 0 Å². The predicted molar refractivity (Wildman–Crippen MR) is 90.0 cm³/mol. The molecular formula is C18H22N4. The first-order valence-corrected chi connectivity index (χ1v) is 8.08. The maximum absolute atomic E-state index is 9.49. The van der Waals surface area contributed by atoms with Gasteiger partial charge in [-0.1, -0.05) is 25.1 Å². The van der Waals surface area contributed by atoms with Crippen LogP contribution < -0.4 is 4.90 Å². The summed E-state index contributed by atoms with van der Waals surface area (Å²) >= 11 is 0. The average Bonchev–Trinajstić information content (AvgIpc) is 2.79. The van der Waals surface area contributed by atoms with Crippen molar-refractivity contribution in [3.8, 4) is 6.07 Å². The van der Waals surface area contributed by atoms with Gasteiger partial charge >= 0.3 is 0 Å². The SMILES string of the molecule is CCCN1CCCN(c2c(C#N)cnc3ccccc23)CC1. The Bertz CT molecular complexity index is 689. The zero-order chi connectivity index (χ0) is 15.4. The first-order valence-electron chi connectivity index (χ1n) is 8.08. The number of hydrogen-bond donors (Lipinski definition) is 0. The second kappa shape index (κ2) is 6.76. The highest BCUT2D eigenvalue weighted by Gasteiger charge is 2.19. The molecule has 0 atom stereocenters. The summed E-state index contributed by atoms with van der Waals surface area (Å²) in [5.74, 6) is 0. The summed E-state index contributed by atoms with van der Waals surface area (Å²) in [5.41, 5.74) is 2.71. The molecule has 0 unspecified atom stereocenters. The van der Waals surface area contributed by atoms with Gasteiger partial charge < -0.3 is 9.80 Å².